The molecular formula is C11H13BrN4OS. The van der Waals surface area contributed by atoms with Gasteiger partial charge >= 0.3 is 6.01 Å². The molecule has 2 aromatic rings. The molecule has 0 saturated heterocycles. The van der Waals surface area contributed by atoms with Crippen LogP contribution in [0.5, 0.6) is 0 Å². The monoisotopic (exact) mass is 328 g/mol. The number of anilines is 1. The molecule has 1 saturated carbocycles. The van der Waals surface area contributed by atoms with Crippen LogP contribution >= 0.6 is 27.3 Å². The first-order valence-electron chi connectivity index (χ1n) is 5.82. The van der Waals surface area contributed by atoms with Crippen molar-refractivity contribution >= 4 is 33.3 Å². The van der Waals surface area contributed by atoms with E-state index in [1.807, 2.05) is 0 Å². The van der Waals surface area contributed by atoms with Gasteiger partial charge in [0, 0.05) is 20.8 Å². The van der Waals surface area contributed by atoms with E-state index >= 15 is 0 Å². The second kappa shape index (κ2) is 5.38. The molecule has 2 N–H and O–H groups in total. The number of nitrogens with one attached hydrogen (secondary N) is 2. The van der Waals surface area contributed by atoms with Crippen molar-refractivity contribution in [2.45, 2.75) is 32.0 Å². The molecule has 2 heterocycles. The summed E-state index contributed by atoms with van der Waals surface area (Å²) in [5.74, 6) is 0.636. The van der Waals surface area contributed by atoms with Crippen molar-refractivity contribution in [3.8, 4) is 0 Å². The van der Waals surface area contributed by atoms with Gasteiger partial charge in [0.2, 0.25) is 5.89 Å². The van der Waals surface area contributed by atoms with Crippen LogP contribution in [0.4, 0.5) is 6.01 Å². The van der Waals surface area contributed by atoms with E-state index in [9.17, 15) is 0 Å². The van der Waals surface area contributed by atoms with E-state index < -0.39 is 0 Å². The zero-order valence-electron chi connectivity index (χ0n) is 9.65. The van der Waals surface area contributed by atoms with Crippen molar-refractivity contribution < 1.29 is 4.42 Å². The van der Waals surface area contributed by atoms with Crippen molar-refractivity contribution in [3.05, 3.63) is 26.7 Å². The van der Waals surface area contributed by atoms with Gasteiger partial charge in [-0.15, -0.1) is 16.4 Å². The highest BCUT2D eigenvalue weighted by molar-refractivity contribution is 9.10. The van der Waals surface area contributed by atoms with E-state index in [0.717, 1.165) is 4.47 Å². The number of halogens is 1. The van der Waals surface area contributed by atoms with Crippen LogP contribution in [0.15, 0.2) is 20.3 Å². The van der Waals surface area contributed by atoms with Crippen molar-refractivity contribution in [1.82, 2.24) is 15.5 Å². The maximum absolute atomic E-state index is 5.49. The molecule has 96 valence electrons. The van der Waals surface area contributed by atoms with Crippen LogP contribution < -0.4 is 10.6 Å². The van der Waals surface area contributed by atoms with Gasteiger partial charge in [-0.1, -0.05) is 5.10 Å². The number of rotatable bonds is 6. The maximum atomic E-state index is 5.49. The van der Waals surface area contributed by atoms with Gasteiger partial charge < -0.3 is 15.1 Å². The Balaban J connectivity index is 1.49. The summed E-state index contributed by atoms with van der Waals surface area (Å²) in [7, 11) is 0. The Labute approximate surface area is 117 Å². The molecule has 0 aromatic carbocycles. The lowest BCUT2D eigenvalue weighted by Gasteiger charge is -1.98. The molecule has 1 aliphatic rings. The van der Waals surface area contributed by atoms with Gasteiger partial charge in [-0.25, -0.2) is 0 Å². The molecule has 7 heteroatoms. The van der Waals surface area contributed by atoms with Crippen LogP contribution in [0, 0.1) is 0 Å². The predicted molar refractivity (Wildman–Crippen MR) is 73.5 cm³/mol. The van der Waals surface area contributed by atoms with Gasteiger partial charge in [0.1, 0.15) is 0 Å². The molecule has 1 aliphatic carbocycles. The molecule has 1 fully saturated rings. The Bertz CT molecular complexity index is 523. The average molecular weight is 329 g/mol. The molecule has 0 aliphatic heterocycles. The van der Waals surface area contributed by atoms with Gasteiger partial charge in [0.25, 0.3) is 0 Å². The summed E-state index contributed by atoms with van der Waals surface area (Å²) in [6.45, 7) is 1.36. The van der Waals surface area contributed by atoms with Crippen LogP contribution in [0.2, 0.25) is 0 Å². The summed E-state index contributed by atoms with van der Waals surface area (Å²) in [6, 6.07) is 3.20. The largest absolute Gasteiger partial charge is 0.407 e. The predicted octanol–water partition coefficient (Wildman–Crippen LogP) is 2.76. The van der Waals surface area contributed by atoms with Crippen molar-refractivity contribution in [3.63, 3.8) is 0 Å². The Morgan fingerprint density at radius 1 is 1.39 bits per heavy atom. The molecule has 5 nitrogen and oxygen atoms in total. The Kier molecular flexibility index (Phi) is 3.62. The zero-order chi connectivity index (χ0) is 12.4. The molecule has 0 unspecified atom stereocenters. The summed E-state index contributed by atoms with van der Waals surface area (Å²) in [5.41, 5.74) is 0. The minimum Gasteiger partial charge on any atom is -0.407 e. The highest BCUT2D eigenvalue weighted by Crippen LogP contribution is 2.21. The molecule has 3 rings (SSSR count). The van der Waals surface area contributed by atoms with Crippen LogP contribution in [-0.2, 0) is 13.1 Å². The molecule has 2 aromatic heterocycles. The SMILES string of the molecule is Brc1csc(CNc2nnc(CNC3CC3)o2)c1. The van der Waals surface area contributed by atoms with E-state index in [4.69, 9.17) is 4.42 Å². The van der Waals surface area contributed by atoms with Crippen molar-refractivity contribution in [2.75, 3.05) is 5.32 Å². The third-order valence-electron chi connectivity index (χ3n) is 2.62. The fraction of sp³-hybridized carbons (Fsp3) is 0.455. The lowest BCUT2D eigenvalue weighted by Crippen LogP contribution is -2.15. The Morgan fingerprint density at radius 3 is 3.00 bits per heavy atom. The van der Waals surface area contributed by atoms with Gasteiger partial charge in [-0.05, 0) is 34.8 Å². The molecule has 0 bridgehead atoms. The summed E-state index contributed by atoms with van der Waals surface area (Å²) in [5, 5.41) is 16.5. The van der Waals surface area contributed by atoms with Gasteiger partial charge in [-0.3, -0.25) is 0 Å². The first kappa shape index (κ1) is 12.1. The number of hydrogen-bond acceptors (Lipinski definition) is 6. The van der Waals surface area contributed by atoms with Crippen LogP contribution in [0.3, 0.4) is 0 Å². The molecule has 0 radical (unpaired) electrons. The molecular weight excluding hydrogens is 316 g/mol. The fourth-order valence-electron chi connectivity index (χ4n) is 1.52. The molecule has 18 heavy (non-hydrogen) atoms. The highest BCUT2D eigenvalue weighted by Gasteiger charge is 2.21. The van der Waals surface area contributed by atoms with E-state index in [0.29, 0.717) is 31.0 Å². The van der Waals surface area contributed by atoms with Gasteiger partial charge in [0.05, 0.1) is 13.1 Å². The Morgan fingerprint density at radius 2 is 2.28 bits per heavy atom. The third-order valence-corrected chi connectivity index (χ3v) is 4.32. The van der Waals surface area contributed by atoms with Crippen LogP contribution in [-0.4, -0.2) is 16.2 Å². The number of thiophene rings is 1. The summed E-state index contributed by atoms with van der Waals surface area (Å²) < 4.78 is 6.59. The molecule has 0 amide bonds. The van der Waals surface area contributed by atoms with Crippen LogP contribution in [0.1, 0.15) is 23.6 Å². The fourth-order valence-corrected chi connectivity index (χ4v) is 2.92. The quantitative estimate of drug-likeness (QED) is 0.853. The van der Waals surface area contributed by atoms with Gasteiger partial charge in [0.15, 0.2) is 0 Å². The first-order valence-corrected chi connectivity index (χ1v) is 7.49. The second-order valence-electron chi connectivity index (χ2n) is 4.24. The van der Waals surface area contributed by atoms with Crippen LogP contribution in [0.25, 0.3) is 0 Å². The summed E-state index contributed by atoms with van der Waals surface area (Å²) in [4.78, 5) is 1.22. The molecule has 0 atom stereocenters. The minimum absolute atomic E-state index is 0.479. The average Bonchev–Trinajstić information content (AvgIpc) is 2.93. The normalized spacial score (nSPS) is 14.9. The van der Waals surface area contributed by atoms with Crippen molar-refractivity contribution in [2.24, 2.45) is 0 Å². The smallest absolute Gasteiger partial charge is 0.315 e. The highest BCUT2D eigenvalue weighted by atomic mass is 79.9. The van der Waals surface area contributed by atoms with Crippen molar-refractivity contribution in [1.29, 1.82) is 0 Å². The number of nitrogens with zero attached hydrogens (tertiary/aromatic N) is 2. The topological polar surface area (TPSA) is 63.0 Å². The lowest BCUT2D eigenvalue weighted by atomic mass is 10.5. The second-order valence-corrected chi connectivity index (χ2v) is 6.15. The first-order chi connectivity index (χ1) is 8.79. The number of aromatic nitrogens is 2. The third kappa shape index (κ3) is 3.30. The van der Waals surface area contributed by atoms with E-state index in [-0.39, 0.29) is 0 Å². The standard InChI is InChI=1S/C11H13BrN4OS/c12-7-3-9(18-6-7)4-14-11-16-15-10(17-11)5-13-8-1-2-8/h3,6,8,13H,1-2,4-5H2,(H,14,16). The van der Waals surface area contributed by atoms with E-state index in [1.54, 1.807) is 11.3 Å². The maximum Gasteiger partial charge on any atom is 0.315 e. The summed E-state index contributed by atoms with van der Waals surface area (Å²) >= 11 is 5.11. The zero-order valence-corrected chi connectivity index (χ0v) is 12.1. The lowest BCUT2D eigenvalue weighted by molar-refractivity contribution is 0.476. The molecule has 0 spiro atoms. The number of hydrogen-bond donors (Lipinski definition) is 2. The van der Waals surface area contributed by atoms with Gasteiger partial charge in [-0.2, -0.15) is 0 Å². The summed E-state index contributed by atoms with van der Waals surface area (Å²) in [6.07, 6.45) is 2.51. The van der Waals surface area contributed by atoms with E-state index in [2.05, 4.69) is 48.2 Å². The minimum atomic E-state index is 0.479. The Hall–Kier alpha value is -0.920. The van der Waals surface area contributed by atoms with E-state index in [1.165, 1.54) is 17.7 Å².